The first kappa shape index (κ1) is 10.9. The molecule has 0 aromatic carbocycles. The summed E-state index contributed by atoms with van der Waals surface area (Å²) in [5, 5.41) is 0. The third kappa shape index (κ3) is 1.56. The lowest BCUT2D eigenvalue weighted by Gasteiger charge is -2.47. The predicted molar refractivity (Wildman–Crippen MR) is 57.7 cm³/mol. The lowest BCUT2D eigenvalue weighted by molar-refractivity contribution is -0.157. The van der Waals surface area contributed by atoms with Gasteiger partial charge in [-0.25, -0.2) is 4.31 Å². The second kappa shape index (κ2) is 3.77. The Balaban J connectivity index is 2.28. The number of amides is 2. The van der Waals surface area contributed by atoms with Gasteiger partial charge in [-0.15, -0.1) is 0 Å². The van der Waals surface area contributed by atoms with E-state index in [-0.39, 0.29) is 18.4 Å². The molecule has 0 spiro atoms. The van der Waals surface area contributed by atoms with Gasteiger partial charge in [-0.1, -0.05) is 0 Å². The van der Waals surface area contributed by atoms with E-state index in [0.29, 0.717) is 6.42 Å². The smallest absolute Gasteiger partial charge is 0.274 e. The first-order valence-corrected chi connectivity index (χ1v) is 6.23. The zero-order valence-corrected chi connectivity index (χ0v) is 9.55. The van der Waals surface area contributed by atoms with E-state index >= 15 is 0 Å². The summed E-state index contributed by atoms with van der Waals surface area (Å²) in [5.74, 6) is -0.415. The van der Waals surface area contributed by atoms with E-state index in [1.165, 1.54) is 4.31 Å². The topological polar surface area (TPSA) is 66.6 Å². The lowest BCUT2D eigenvalue weighted by Crippen LogP contribution is -2.72. The van der Waals surface area contributed by atoms with Crippen LogP contribution in [-0.2, 0) is 9.59 Å². The van der Waals surface area contributed by atoms with Gasteiger partial charge in [0.15, 0.2) is 5.66 Å². The molecular formula is C9H15N3O2S. The summed E-state index contributed by atoms with van der Waals surface area (Å²) < 4.78 is 1.20. The first-order valence-electron chi connectivity index (χ1n) is 5.05. The maximum absolute atomic E-state index is 12.0. The van der Waals surface area contributed by atoms with Crippen molar-refractivity contribution in [3.8, 4) is 0 Å². The van der Waals surface area contributed by atoms with Gasteiger partial charge in [-0.05, 0) is 31.2 Å². The zero-order valence-electron chi connectivity index (χ0n) is 8.73. The Hall–Kier alpha value is -0.590. The maximum Gasteiger partial charge on any atom is 0.274 e. The number of carbonyl (C=O) groups excluding carboxylic acids is 2. The highest BCUT2D eigenvalue weighted by molar-refractivity contribution is 7.97. The average Bonchev–Trinajstić information content (AvgIpc) is 2.21. The fraction of sp³-hybridized carbons (Fsp3) is 0.778. The molecule has 2 aliphatic rings. The van der Waals surface area contributed by atoms with Crippen molar-refractivity contribution in [3.63, 3.8) is 0 Å². The second-order valence-electron chi connectivity index (χ2n) is 3.98. The van der Waals surface area contributed by atoms with Gasteiger partial charge < -0.3 is 5.73 Å². The fourth-order valence-electron chi connectivity index (χ4n) is 2.22. The molecule has 2 rings (SSSR count). The van der Waals surface area contributed by atoms with Crippen molar-refractivity contribution in [2.75, 3.05) is 19.3 Å². The highest BCUT2D eigenvalue weighted by Gasteiger charge is 2.50. The Morgan fingerprint density at radius 1 is 1.40 bits per heavy atom. The van der Waals surface area contributed by atoms with Gasteiger partial charge >= 0.3 is 0 Å². The van der Waals surface area contributed by atoms with E-state index in [4.69, 9.17) is 5.73 Å². The van der Waals surface area contributed by atoms with Gasteiger partial charge in [-0.3, -0.25) is 14.5 Å². The quantitative estimate of drug-likeness (QED) is 0.497. The van der Waals surface area contributed by atoms with Crippen molar-refractivity contribution in [3.05, 3.63) is 0 Å². The summed E-state index contributed by atoms with van der Waals surface area (Å²) in [6.45, 7) is 1.01. The van der Waals surface area contributed by atoms with Gasteiger partial charge in [-0.2, -0.15) is 0 Å². The van der Waals surface area contributed by atoms with Gasteiger partial charge in [0, 0.05) is 12.8 Å². The summed E-state index contributed by atoms with van der Waals surface area (Å²) in [6, 6.07) is 0. The van der Waals surface area contributed by atoms with Gasteiger partial charge in [0.25, 0.3) is 11.8 Å². The van der Waals surface area contributed by atoms with Crippen molar-refractivity contribution in [1.29, 1.82) is 0 Å². The van der Waals surface area contributed by atoms with E-state index in [9.17, 15) is 9.59 Å². The Kier molecular flexibility index (Phi) is 2.74. The molecule has 2 heterocycles. The minimum atomic E-state index is -0.935. The molecule has 1 atom stereocenters. The highest BCUT2D eigenvalue weighted by atomic mass is 32.2. The molecule has 2 fully saturated rings. The molecule has 0 aromatic rings. The van der Waals surface area contributed by atoms with E-state index in [0.717, 1.165) is 31.3 Å². The molecule has 6 heteroatoms. The molecule has 2 saturated heterocycles. The van der Waals surface area contributed by atoms with E-state index in [1.807, 2.05) is 4.90 Å². The summed E-state index contributed by atoms with van der Waals surface area (Å²) in [7, 11) is 0. The third-order valence-electron chi connectivity index (χ3n) is 3.09. The van der Waals surface area contributed by atoms with Crippen LogP contribution >= 0.6 is 11.9 Å². The molecule has 0 bridgehead atoms. The Morgan fingerprint density at radius 3 is 2.80 bits per heavy atom. The number of nitrogens with zero attached hydrogens (tertiary/aromatic N) is 2. The number of piperidine rings is 1. The summed E-state index contributed by atoms with van der Waals surface area (Å²) in [4.78, 5) is 25.5. The van der Waals surface area contributed by atoms with Crippen LogP contribution in [0.15, 0.2) is 0 Å². The number of piperazine rings is 1. The normalized spacial score (nSPS) is 33.1. The zero-order chi connectivity index (χ0) is 11.1. The molecule has 1 unspecified atom stereocenters. The maximum atomic E-state index is 12.0. The van der Waals surface area contributed by atoms with Crippen molar-refractivity contribution < 1.29 is 9.59 Å². The molecule has 5 nitrogen and oxygen atoms in total. The van der Waals surface area contributed by atoms with Crippen LogP contribution in [-0.4, -0.2) is 46.0 Å². The SMILES string of the molecule is CSN1C(=O)CN2CCCCC2(N)C1=O. The van der Waals surface area contributed by atoms with E-state index < -0.39 is 5.66 Å². The van der Waals surface area contributed by atoms with Crippen molar-refractivity contribution in [1.82, 2.24) is 9.21 Å². The number of fused-ring (bicyclic) bond motifs is 1. The number of rotatable bonds is 1. The molecule has 0 aliphatic carbocycles. The van der Waals surface area contributed by atoms with Crippen LogP contribution < -0.4 is 5.73 Å². The molecule has 2 aliphatic heterocycles. The average molecular weight is 229 g/mol. The Morgan fingerprint density at radius 2 is 2.13 bits per heavy atom. The molecule has 2 N–H and O–H groups in total. The van der Waals surface area contributed by atoms with Crippen LogP contribution in [0, 0.1) is 0 Å². The first-order chi connectivity index (χ1) is 7.09. The molecule has 0 aromatic heterocycles. The molecule has 84 valence electrons. The number of nitrogens with two attached hydrogens (primary N) is 1. The van der Waals surface area contributed by atoms with Crippen LogP contribution in [0.2, 0.25) is 0 Å². The van der Waals surface area contributed by atoms with Crippen molar-refractivity contribution in [2.45, 2.75) is 24.9 Å². The van der Waals surface area contributed by atoms with E-state index in [2.05, 4.69) is 0 Å². The van der Waals surface area contributed by atoms with Crippen molar-refractivity contribution in [2.24, 2.45) is 5.73 Å². The van der Waals surface area contributed by atoms with Crippen LogP contribution in [0.25, 0.3) is 0 Å². The summed E-state index contributed by atoms with van der Waals surface area (Å²) >= 11 is 1.14. The largest absolute Gasteiger partial charge is 0.305 e. The Bertz CT molecular complexity index is 310. The molecular weight excluding hydrogens is 214 g/mol. The number of carbonyl (C=O) groups is 2. The van der Waals surface area contributed by atoms with Crippen LogP contribution in [0.3, 0.4) is 0 Å². The van der Waals surface area contributed by atoms with Gasteiger partial charge in [0.1, 0.15) is 0 Å². The summed E-state index contributed by atoms with van der Waals surface area (Å²) in [5.41, 5.74) is 5.17. The number of hydrogen-bond acceptors (Lipinski definition) is 5. The number of hydrogen-bond donors (Lipinski definition) is 1. The van der Waals surface area contributed by atoms with Crippen LogP contribution in [0.1, 0.15) is 19.3 Å². The minimum absolute atomic E-state index is 0.157. The number of imide groups is 1. The standard InChI is InChI=1S/C9H15N3O2S/c1-15-12-7(13)6-11-5-3-2-4-9(11,10)8(12)14/h2-6,10H2,1H3. The van der Waals surface area contributed by atoms with Crippen LogP contribution in [0.5, 0.6) is 0 Å². The van der Waals surface area contributed by atoms with Gasteiger partial charge in [0.2, 0.25) is 0 Å². The van der Waals surface area contributed by atoms with E-state index in [1.54, 1.807) is 6.26 Å². The van der Waals surface area contributed by atoms with Crippen LogP contribution in [0.4, 0.5) is 0 Å². The molecule has 0 radical (unpaired) electrons. The summed E-state index contributed by atoms with van der Waals surface area (Å²) in [6.07, 6.45) is 4.34. The fourth-order valence-corrected chi connectivity index (χ4v) is 2.80. The molecule has 0 saturated carbocycles. The second-order valence-corrected chi connectivity index (χ2v) is 4.71. The highest BCUT2D eigenvalue weighted by Crippen LogP contribution is 2.31. The van der Waals surface area contributed by atoms with Crippen molar-refractivity contribution >= 4 is 23.8 Å². The monoisotopic (exact) mass is 229 g/mol. The third-order valence-corrected chi connectivity index (χ3v) is 3.82. The molecule has 2 amide bonds. The van der Waals surface area contributed by atoms with Gasteiger partial charge in [0.05, 0.1) is 6.54 Å². The Labute approximate surface area is 93.1 Å². The predicted octanol–water partition coefficient (Wildman–Crippen LogP) is -0.226. The lowest BCUT2D eigenvalue weighted by atomic mass is 9.93. The minimum Gasteiger partial charge on any atom is -0.305 e. The molecule has 15 heavy (non-hydrogen) atoms.